The van der Waals surface area contributed by atoms with Gasteiger partial charge in [-0.05, 0) is 73.6 Å². The molecule has 18 heteroatoms. The van der Waals surface area contributed by atoms with Crippen LogP contribution in [0.1, 0.15) is 120 Å². The number of aliphatic hydroxyl groups is 4. The zero-order chi connectivity index (χ0) is 43.4. The second-order valence-electron chi connectivity index (χ2n) is 19.0. The third-order valence-corrected chi connectivity index (χ3v) is 11.7. The molecule has 59 heavy (non-hydrogen) atoms. The van der Waals surface area contributed by atoms with E-state index in [1.54, 1.807) is 48.5 Å². The van der Waals surface area contributed by atoms with Crippen molar-refractivity contribution in [1.29, 1.82) is 0 Å². The molecule has 3 heterocycles. The molecule has 3 saturated heterocycles. The van der Waals surface area contributed by atoms with E-state index in [1.807, 2.05) is 13.8 Å². The molecule has 3 aliphatic heterocycles. The molecule has 7 unspecified atom stereocenters. The van der Waals surface area contributed by atoms with E-state index < -0.39 is 121 Å². The fourth-order valence-electron chi connectivity index (χ4n) is 8.52. The molecule has 0 aromatic rings. The maximum atomic E-state index is 13.4. The first-order valence-electron chi connectivity index (χ1n) is 21.5. The number of amides is 3. The van der Waals surface area contributed by atoms with Gasteiger partial charge in [0.15, 0.2) is 18.4 Å². The summed E-state index contributed by atoms with van der Waals surface area (Å²) in [6.45, 7) is 16.0. The zero-order valence-electron chi connectivity index (χ0n) is 36.2. The van der Waals surface area contributed by atoms with Gasteiger partial charge in [0.2, 0.25) is 5.91 Å². The summed E-state index contributed by atoms with van der Waals surface area (Å²) in [7, 11) is 0. The van der Waals surface area contributed by atoms with Crippen molar-refractivity contribution in [2.24, 2.45) is 11.8 Å². The maximum absolute atomic E-state index is 13.4. The van der Waals surface area contributed by atoms with Crippen LogP contribution in [0.25, 0.3) is 0 Å². The minimum absolute atomic E-state index is 0.0999. The summed E-state index contributed by atoms with van der Waals surface area (Å²) in [5.74, 6) is -2.35. The smallest absolute Gasteiger partial charge is 0.408 e. The van der Waals surface area contributed by atoms with Gasteiger partial charge in [-0.3, -0.25) is 4.79 Å². The maximum Gasteiger partial charge on any atom is 0.408 e. The van der Waals surface area contributed by atoms with Crippen molar-refractivity contribution in [2.75, 3.05) is 13.2 Å². The highest BCUT2D eigenvalue weighted by Gasteiger charge is 2.58. The normalized spacial score (nSPS) is 38.1. The Morgan fingerprint density at radius 1 is 0.797 bits per heavy atom. The fourth-order valence-corrected chi connectivity index (χ4v) is 8.52. The Balaban J connectivity index is 1.42. The number of aliphatic hydroxyl groups excluding tert-OH is 4. The van der Waals surface area contributed by atoms with Gasteiger partial charge >= 0.3 is 12.2 Å². The first-order valence-corrected chi connectivity index (χ1v) is 21.5. The van der Waals surface area contributed by atoms with Crippen LogP contribution in [0.3, 0.4) is 0 Å². The molecule has 5 fully saturated rings. The highest BCUT2D eigenvalue weighted by atomic mass is 16.8. The molecule has 340 valence electrons. The van der Waals surface area contributed by atoms with Gasteiger partial charge < -0.3 is 74.3 Å². The molecule has 0 radical (unpaired) electrons. The Bertz CT molecular complexity index is 1400. The van der Waals surface area contributed by atoms with Crippen LogP contribution in [0.5, 0.6) is 0 Å². The van der Waals surface area contributed by atoms with Crippen molar-refractivity contribution in [3.63, 3.8) is 0 Å². The van der Waals surface area contributed by atoms with E-state index in [-0.39, 0.29) is 25.5 Å². The fraction of sp³-hybridized carbons (Fsp3) is 0.927. The predicted octanol–water partition coefficient (Wildman–Crippen LogP) is 2.49. The van der Waals surface area contributed by atoms with Crippen LogP contribution in [-0.4, -0.2) is 148 Å². The highest BCUT2D eigenvalue weighted by molar-refractivity contribution is 5.81. The SMILES string of the molecule is CCC[C@H](O)C(=O)N[C@@H]1C(O)[C@H](NC(=O)OC(C)(C)C)C(O[C@H]2OC(CNC(=O)OC(C)(C)C)CCC2C)C(O)[C@H]1O[C@H]1OC2COC3(CCCCC3)O[C@H]2[C@H](C)C1O. The van der Waals surface area contributed by atoms with E-state index in [1.165, 1.54) is 0 Å². The highest BCUT2D eigenvalue weighted by Crippen LogP contribution is 2.43. The van der Waals surface area contributed by atoms with Gasteiger partial charge in [0.05, 0.1) is 37.0 Å². The Labute approximate surface area is 348 Å². The monoisotopic (exact) mass is 845 g/mol. The van der Waals surface area contributed by atoms with E-state index in [2.05, 4.69) is 16.0 Å². The lowest BCUT2D eigenvalue weighted by Crippen LogP contribution is -2.74. The van der Waals surface area contributed by atoms with E-state index in [0.29, 0.717) is 19.3 Å². The number of nitrogens with one attached hydrogen (secondary N) is 3. The molecule has 7 N–H and O–H groups in total. The number of alkyl carbamates (subject to hydrolysis) is 2. The number of carbonyl (C=O) groups excluding carboxylic acids is 3. The second-order valence-corrected chi connectivity index (χ2v) is 19.0. The summed E-state index contributed by atoms with van der Waals surface area (Å²) in [6.07, 6.45) is -8.57. The first kappa shape index (κ1) is 47.7. The van der Waals surface area contributed by atoms with Gasteiger partial charge in [-0.15, -0.1) is 0 Å². The molecule has 0 bridgehead atoms. The van der Waals surface area contributed by atoms with Crippen LogP contribution in [0.15, 0.2) is 0 Å². The molecule has 2 aliphatic carbocycles. The summed E-state index contributed by atoms with van der Waals surface area (Å²) in [5.41, 5.74) is -1.65. The Morgan fingerprint density at radius 2 is 1.41 bits per heavy atom. The number of rotatable bonds is 11. The van der Waals surface area contributed by atoms with Crippen molar-refractivity contribution >= 4 is 18.1 Å². The average Bonchev–Trinajstić information content (AvgIpc) is 3.14. The summed E-state index contributed by atoms with van der Waals surface area (Å²) in [4.78, 5) is 39.2. The molecule has 0 aromatic carbocycles. The average molecular weight is 846 g/mol. The molecular formula is C41H71N3O15. The summed E-state index contributed by atoms with van der Waals surface area (Å²) in [6, 6.07) is -2.91. The molecule has 15 atom stereocenters. The molecule has 18 nitrogen and oxygen atoms in total. The molecule has 2 saturated carbocycles. The Kier molecular flexibility index (Phi) is 16.0. The molecule has 3 amide bonds. The van der Waals surface area contributed by atoms with Crippen LogP contribution in [0.4, 0.5) is 9.59 Å². The zero-order valence-corrected chi connectivity index (χ0v) is 36.2. The van der Waals surface area contributed by atoms with Gasteiger partial charge in [0.1, 0.15) is 47.8 Å². The van der Waals surface area contributed by atoms with E-state index in [4.69, 9.17) is 37.9 Å². The topological polar surface area (TPSA) is 242 Å². The van der Waals surface area contributed by atoms with Crippen LogP contribution in [-0.2, 0) is 42.7 Å². The van der Waals surface area contributed by atoms with E-state index in [0.717, 1.165) is 32.1 Å². The van der Waals surface area contributed by atoms with Crippen molar-refractivity contribution in [3.05, 3.63) is 0 Å². The van der Waals surface area contributed by atoms with E-state index in [9.17, 15) is 34.8 Å². The van der Waals surface area contributed by atoms with Gasteiger partial charge in [-0.1, -0.05) is 33.6 Å². The summed E-state index contributed by atoms with van der Waals surface area (Å²) in [5, 5.41) is 54.9. The molecular weight excluding hydrogens is 774 g/mol. The summed E-state index contributed by atoms with van der Waals surface area (Å²) >= 11 is 0. The molecule has 5 aliphatic rings. The Hall–Kier alpha value is -2.39. The standard InChI is InChI=1S/C41H71N3O15/c1-10-14-24(45)34(49)43-26-29(47)27(44-38(51)59-40(7,8)9)33(55-35-21(2)15-16-23(53-35)19-42-37(50)58-39(4,5)6)30(48)32(26)56-36-28(46)22(3)31-25(54-36)20-52-41(57-31)17-12-11-13-18-41/h21-33,35-36,45-48H,10-20H2,1-9H3,(H,42,50)(H,43,49)(H,44,51)/t21?,22-,23?,24+,25?,26-,27+,28?,29?,30?,31+,32+,33?,35-,36-/m1/s1. The van der Waals surface area contributed by atoms with E-state index >= 15 is 0 Å². The summed E-state index contributed by atoms with van der Waals surface area (Å²) < 4.78 is 49.2. The number of hydrogen-bond donors (Lipinski definition) is 7. The number of fused-ring (bicyclic) bond motifs is 1. The lowest BCUT2D eigenvalue weighted by molar-refractivity contribution is -0.396. The minimum Gasteiger partial charge on any atom is -0.444 e. The van der Waals surface area contributed by atoms with Gasteiger partial charge in [-0.2, -0.15) is 0 Å². The van der Waals surface area contributed by atoms with Gasteiger partial charge in [-0.25, -0.2) is 9.59 Å². The number of hydrogen-bond acceptors (Lipinski definition) is 15. The van der Waals surface area contributed by atoms with Gasteiger partial charge in [0.25, 0.3) is 0 Å². The van der Waals surface area contributed by atoms with Gasteiger partial charge in [0, 0.05) is 31.2 Å². The quantitative estimate of drug-likeness (QED) is 0.158. The molecule has 0 aromatic heterocycles. The molecule has 1 spiro atoms. The Morgan fingerprint density at radius 3 is 2.03 bits per heavy atom. The third kappa shape index (κ3) is 12.4. The van der Waals surface area contributed by atoms with Crippen LogP contribution in [0.2, 0.25) is 0 Å². The lowest BCUT2D eigenvalue weighted by Gasteiger charge is -2.54. The van der Waals surface area contributed by atoms with Crippen molar-refractivity contribution in [3.8, 4) is 0 Å². The van der Waals surface area contributed by atoms with Crippen molar-refractivity contribution in [1.82, 2.24) is 16.0 Å². The lowest BCUT2D eigenvalue weighted by atomic mass is 9.80. The van der Waals surface area contributed by atoms with Crippen LogP contribution < -0.4 is 16.0 Å². The number of carbonyl (C=O) groups is 3. The predicted molar refractivity (Wildman–Crippen MR) is 210 cm³/mol. The van der Waals surface area contributed by atoms with Crippen molar-refractivity contribution < 1.29 is 72.7 Å². The van der Waals surface area contributed by atoms with Crippen molar-refractivity contribution in [2.45, 2.75) is 217 Å². The largest absolute Gasteiger partial charge is 0.444 e. The third-order valence-electron chi connectivity index (χ3n) is 11.7. The van der Waals surface area contributed by atoms with Crippen LogP contribution >= 0.6 is 0 Å². The molecule has 5 rings (SSSR count). The van der Waals surface area contributed by atoms with Crippen LogP contribution in [0, 0.1) is 11.8 Å². The minimum atomic E-state index is -1.73. The first-order chi connectivity index (χ1) is 27.6. The second kappa shape index (κ2) is 19.8. The number of ether oxygens (including phenoxy) is 8.